The molecule has 1 aliphatic heterocycles. The lowest BCUT2D eigenvalue weighted by molar-refractivity contribution is 0.0606. The van der Waals surface area contributed by atoms with Gasteiger partial charge in [0.15, 0.2) is 0 Å². The van der Waals surface area contributed by atoms with Gasteiger partial charge in [-0.25, -0.2) is 4.79 Å². The number of hydrogen-bond acceptors (Lipinski definition) is 3. The van der Waals surface area contributed by atoms with Crippen LogP contribution < -0.4 is 0 Å². The highest BCUT2D eigenvalue weighted by Crippen LogP contribution is 2.26. The summed E-state index contributed by atoms with van der Waals surface area (Å²) in [7, 11) is 1.74. The van der Waals surface area contributed by atoms with E-state index in [1.807, 2.05) is 16.8 Å². The van der Waals surface area contributed by atoms with E-state index in [-0.39, 0.29) is 0 Å². The lowest BCUT2D eigenvalue weighted by Crippen LogP contribution is -2.43. The van der Waals surface area contributed by atoms with Crippen LogP contribution in [-0.2, 0) is 4.74 Å². The summed E-state index contributed by atoms with van der Waals surface area (Å²) in [4.78, 5) is 13.6. The molecule has 1 atom stereocenters. The van der Waals surface area contributed by atoms with E-state index in [1.165, 1.54) is 0 Å². The first-order chi connectivity index (χ1) is 9.67. The van der Waals surface area contributed by atoms with Gasteiger partial charge in [0.25, 0.3) is 0 Å². The Morgan fingerprint density at radius 3 is 2.75 bits per heavy atom. The average Bonchev–Trinajstić information content (AvgIpc) is 2.94. The van der Waals surface area contributed by atoms with E-state index in [1.54, 1.807) is 13.2 Å². The Morgan fingerprint density at radius 1 is 1.50 bits per heavy atom. The predicted molar refractivity (Wildman–Crippen MR) is 77.2 cm³/mol. The zero-order valence-corrected chi connectivity index (χ0v) is 12.3. The summed E-state index contributed by atoms with van der Waals surface area (Å²) in [6.45, 7) is 4.96. The summed E-state index contributed by atoms with van der Waals surface area (Å²) in [5.74, 6) is -0.844. The number of rotatable bonds is 6. The molecule has 1 aromatic heterocycles. The minimum Gasteiger partial charge on any atom is -0.477 e. The molecule has 0 bridgehead atoms. The highest BCUT2D eigenvalue weighted by atomic mass is 16.5. The maximum Gasteiger partial charge on any atom is 0.352 e. The fourth-order valence-electron chi connectivity index (χ4n) is 3.10. The van der Waals surface area contributed by atoms with Gasteiger partial charge in [0.05, 0.1) is 6.61 Å². The van der Waals surface area contributed by atoms with Crippen LogP contribution in [0.1, 0.15) is 42.7 Å². The van der Waals surface area contributed by atoms with E-state index in [9.17, 15) is 9.90 Å². The van der Waals surface area contributed by atoms with E-state index in [2.05, 4.69) is 11.8 Å². The molecule has 0 aromatic carbocycles. The molecule has 0 spiro atoms. The molecule has 5 heteroatoms. The lowest BCUT2D eigenvalue weighted by atomic mass is 10.0. The number of ether oxygens (including phenoxy) is 1. The Balaban J connectivity index is 1.97. The van der Waals surface area contributed by atoms with Crippen molar-refractivity contribution in [3.05, 3.63) is 24.0 Å². The highest BCUT2D eigenvalue weighted by molar-refractivity contribution is 5.85. The molecule has 0 saturated carbocycles. The molecule has 1 aliphatic rings. The zero-order valence-electron chi connectivity index (χ0n) is 12.3. The average molecular weight is 280 g/mol. The third-order valence-corrected chi connectivity index (χ3v) is 4.24. The normalized spacial score (nSPS) is 19.1. The van der Waals surface area contributed by atoms with Crippen LogP contribution in [0.2, 0.25) is 0 Å². The number of nitrogens with zero attached hydrogens (tertiary/aromatic N) is 2. The topological polar surface area (TPSA) is 54.7 Å². The summed E-state index contributed by atoms with van der Waals surface area (Å²) in [6.07, 6.45) is 4.96. The number of aromatic carboxylic acids is 1. The van der Waals surface area contributed by atoms with E-state index >= 15 is 0 Å². The van der Waals surface area contributed by atoms with Crippen LogP contribution >= 0.6 is 0 Å². The SMILES string of the molecule is CCC(COC)N1CCC(n2cccc2C(=O)O)CC1. The molecular weight excluding hydrogens is 256 g/mol. The summed E-state index contributed by atoms with van der Waals surface area (Å²) in [6, 6.07) is 4.27. The monoisotopic (exact) mass is 280 g/mol. The van der Waals surface area contributed by atoms with Gasteiger partial charge in [0.2, 0.25) is 0 Å². The molecule has 112 valence electrons. The van der Waals surface area contributed by atoms with Crippen LogP contribution in [0.15, 0.2) is 18.3 Å². The summed E-state index contributed by atoms with van der Waals surface area (Å²) in [5.41, 5.74) is 0.396. The highest BCUT2D eigenvalue weighted by Gasteiger charge is 2.26. The Bertz CT molecular complexity index is 436. The second-order valence-electron chi connectivity index (χ2n) is 5.39. The Labute approximate surface area is 120 Å². The Kier molecular flexibility index (Phi) is 5.20. The molecule has 1 fully saturated rings. The number of likely N-dealkylation sites (tertiary alicyclic amines) is 1. The molecule has 2 rings (SSSR count). The van der Waals surface area contributed by atoms with Gasteiger partial charge in [-0.1, -0.05) is 6.92 Å². The van der Waals surface area contributed by atoms with Gasteiger partial charge in [-0.2, -0.15) is 0 Å². The van der Waals surface area contributed by atoms with Gasteiger partial charge in [0, 0.05) is 38.5 Å². The number of piperidine rings is 1. The van der Waals surface area contributed by atoms with Gasteiger partial charge in [-0.15, -0.1) is 0 Å². The van der Waals surface area contributed by atoms with Gasteiger partial charge >= 0.3 is 5.97 Å². The number of carboxylic acids is 1. The van der Waals surface area contributed by atoms with Gasteiger partial charge in [-0.3, -0.25) is 4.90 Å². The zero-order chi connectivity index (χ0) is 14.5. The summed E-state index contributed by atoms with van der Waals surface area (Å²) >= 11 is 0. The van der Waals surface area contributed by atoms with Crippen molar-refractivity contribution < 1.29 is 14.6 Å². The molecule has 1 aromatic rings. The number of methoxy groups -OCH3 is 1. The summed E-state index contributed by atoms with van der Waals surface area (Å²) < 4.78 is 7.19. The van der Waals surface area contributed by atoms with Crippen LogP contribution in [0.25, 0.3) is 0 Å². The van der Waals surface area contributed by atoms with Crippen LogP contribution in [-0.4, -0.2) is 53.4 Å². The first-order valence-corrected chi connectivity index (χ1v) is 7.30. The van der Waals surface area contributed by atoms with E-state index < -0.39 is 5.97 Å². The van der Waals surface area contributed by atoms with Crippen molar-refractivity contribution in [1.29, 1.82) is 0 Å². The molecule has 20 heavy (non-hydrogen) atoms. The number of carboxylic acid groups (broad SMARTS) is 1. The number of aromatic nitrogens is 1. The van der Waals surface area contributed by atoms with E-state index in [4.69, 9.17) is 4.74 Å². The number of hydrogen-bond donors (Lipinski definition) is 1. The fraction of sp³-hybridized carbons (Fsp3) is 0.667. The largest absolute Gasteiger partial charge is 0.477 e. The molecule has 5 nitrogen and oxygen atoms in total. The van der Waals surface area contributed by atoms with Crippen molar-refractivity contribution in [2.45, 2.75) is 38.3 Å². The Morgan fingerprint density at radius 2 is 2.20 bits per heavy atom. The van der Waals surface area contributed by atoms with Gasteiger partial charge < -0.3 is 14.4 Å². The second-order valence-corrected chi connectivity index (χ2v) is 5.39. The molecule has 1 unspecified atom stereocenters. The van der Waals surface area contributed by atoms with Crippen molar-refractivity contribution in [2.24, 2.45) is 0 Å². The van der Waals surface area contributed by atoms with Gasteiger partial charge in [-0.05, 0) is 31.4 Å². The van der Waals surface area contributed by atoms with Crippen molar-refractivity contribution in [3.63, 3.8) is 0 Å². The molecular formula is C15H24N2O3. The molecule has 2 heterocycles. The van der Waals surface area contributed by atoms with Crippen LogP contribution in [0.5, 0.6) is 0 Å². The standard InChI is InChI=1S/C15H24N2O3/c1-3-12(11-20-2)16-9-6-13(7-10-16)17-8-4-5-14(17)15(18)19/h4-5,8,12-13H,3,6-7,9-11H2,1-2H3,(H,18,19). The molecule has 1 saturated heterocycles. The molecule has 0 aliphatic carbocycles. The maximum absolute atomic E-state index is 11.2. The van der Waals surface area contributed by atoms with Crippen molar-refractivity contribution >= 4 is 5.97 Å². The van der Waals surface area contributed by atoms with Crippen LogP contribution in [0.3, 0.4) is 0 Å². The third-order valence-electron chi connectivity index (χ3n) is 4.24. The molecule has 0 radical (unpaired) electrons. The first kappa shape index (κ1) is 15.1. The summed E-state index contributed by atoms with van der Waals surface area (Å²) in [5, 5.41) is 9.19. The molecule has 1 N–H and O–H groups in total. The van der Waals surface area contributed by atoms with Crippen LogP contribution in [0.4, 0.5) is 0 Å². The van der Waals surface area contributed by atoms with Crippen molar-refractivity contribution in [3.8, 4) is 0 Å². The number of carbonyl (C=O) groups is 1. The van der Waals surface area contributed by atoms with Crippen molar-refractivity contribution in [2.75, 3.05) is 26.8 Å². The minimum absolute atomic E-state index is 0.299. The van der Waals surface area contributed by atoms with E-state index in [0.717, 1.165) is 39.0 Å². The third kappa shape index (κ3) is 3.22. The van der Waals surface area contributed by atoms with Crippen molar-refractivity contribution in [1.82, 2.24) is 9.47 Å². The Hall–Kier alpha value is -1.33. The van der Waals surface area contributed by atoms with Crippen LogP contribution in [0, 0.1) is 0 Å². The predicted octanol–water partition coefficient (Wildman–Crippen LogP) is 2.25. The minimum atomic E-state index is -0.844. The second kappa shape index (κ2) is 6.90. The lowest BCUT2D eigenvalue weighted by Gasteiger charge is -2.37. The smallest absolute Gasteiger partial charge is 0.352 e. The quantitative estimate of drug-likeness (QED) is 0.868. The maximum atomic E-state index is 11.2. The fourth-order valence-corrected chi connectivity index (χ4v) is 3.10. The van der Waals surface area contributed by atoms with E-state index in [0.29, 0.717) is 17.8 Å². The van der Waals surface area contributed by atoms with Gasteiger partial charge in [0.1, 0.15) is 5.69 Å². The first-order valence-electron chi connectivity index (χ1n) is 7.30. The molecule has 0 amide bonds.